The molecular weight excluding hydrogens is 194 g/mol. The molecule has 84 valence electrons. The number of aliphatic hydroxyl groups excluding tert-OH is 2. The molecular formula is C11H17NO3. The van der Waals surface area contributed by atoms with Crippen molar-refractivity contribution in [1.29, 1.82) is 0 Å². The van der Waals surface area contributed by atoms with Crippen LogP contribution in [0.4, 0.5) is 0 Å². The van der Waals surface area contributed by atoms with Gasteiger partial charge in [0.2, 0.25) is 0 Å². The van der Waals surface area contributed by atoms with E-state index in [4.69, 9.17) is 0 Å². The molecule has 4 nitrogen and oxygen atoms in total. The molecule has 1 rings (SSSR count). The van der Waals surface area contributed by atoms with E-state index in [0.717, 1.165) is 11.4 Å². The molecule has 1 aromatic rings. The number of nitrogens with zero attached hydrogens (tertiary/aromatic N) is 1. The number of aliphatic hydroxyl groups is 2. The Morgan fingerprint density at radius 2 is 1.60 bits per heavy atom. The van der Waals surface area contributed by atoms with Gasteiger partial charge in [0, 0.05) is 23.5 Å². The number of aryl methyl sites for hydroxylation is 2. The minimum atomic E-state index is -0.762. The molecule has 0 bridgehead atoms. The van der Waals surface area contributed by atoms with Crippen LogP contribution in [0.1, 0.15) is 18.3 Å². The highest BCUT2D eigenvalue weighted by molar-refractivity contribution is 5.15. The van der Waals surface area contributed by atoms with Gasteiger partial charge in [-0.05, 0) is 20.8 Å². The topological polar surface area (TPSA) is 62.5 Å². The summed E-state index contributed by atoms with van der Waals surface area (Å²) >= 11 is 0. The molecule has 0 saturated carbocycles. The second-order valence-corrected chi connectivity index (χ2v) is 4.12. The summed E-state index contributed by atoms with van der Waals surface area (Å²) in [6.45, 7) is 4.98. The smallest absolute Gasteiger partial charge is 0.182 e. The second-order valence-electron chi connectivity index (χ2n) is 4.12. The molecule has 15 heavy (non-hydrogen) atoms. The molecule has 4 heteroatoms. The number of aromatic nitrogens is 1. The van der Waals surface area contributed by atoms with Crippen molar-refractivity contribution in [3.8, 4) is 0 Å². The predicted molar refractivity (Wildman–Crippen MR) is 58.0 cm³/mol. The van der Waals surface area contributed by atoms with Crippen LogP contribution in [-0.2, 0) is 5.54 Å². The fourth-order valence-corrected chi connectivity index (χ4v) is 1.90. The van der Waals surface area contributed by atoms with Gasteiger partial charge in [-0.3, -0.25) is 4.79 Å². The molecule has 0 atom stereocenters. The van der Waals surface area contributed by atoms with Gasteiger partial charge in [0.25, 0.3) is 0 Å². The average molecular weight is 211 g/mol. The lowest BCUT2D eigenvalue weighted by molar-refractivity contribution is 0.0742. The van der Waals surface area contributed by atoms with E-state index in [0.29, 0.717) is 0 Å². The number of hydrogen-bond acceptors (Lipinski definition) is 3. The standard InChI is InChI=1S/C11H17NO3/c1-8-4-10(15)5-9(2)12(8)11(3,6-13)7-14/h4-5,13-14H,6-7H2,1-3H3. The van der Waals surface area contributed by atoms with Crippen molar-refractivity contribution in [2.45, 2.75) is 26.3 Å². The third-order valence-corrected chi connectivity index (χ3v) is 2.63. The zero-order valence-electron chi connectivity index (χ0n) is 9.32. The predicted octanol–water partition coefficient (Wildman–Crippen LogP) is 0.165. The molecule has 0 spiro atoms. The molecule has 0 saturated heterocycles. The van der Waals surface area contributed by atoms with Gasteiger partial charge in [-0.15, -0.1) is 0 Å². The monoisotopic (exact) mass is 211 g/mol. The van der Waals surface area contributed by atoms with Crippen molar-refractivity contribution in [2.75, 3.05) is 13.2 Å². The maximum atomic E-state index is 11.2. The Bertz CT molecular complexity index is 379. The Balaban J connectivity index is 3.43. The van der Waals surface area contributed by atoms with Crippen LogP contribution in [-0.4, -0.2) is 28.0 Å². The molecule has 0 aromatic carbocycles. The van der Waals surface area contributed by atoms with Crippen molar-refractivity contribution in [3.63, 3.8) is 0 Å². The van der Waals surface area contributed by atoms with Gasteiger partial charge in [-0.25, -0.2) is 0 Å². The van der Waals surface area contributed by atoms with Crippen molar-refractivity contribution < 1.29 is 10.2 Å². The number of pyridine rings is 1. The summed E-state index contributed by atoms with van der Waals surface area (Å²) in [5.41, 5.74) is 0.665. The van der Waals surface area contributed by atoms with E-state index in [2.05, 4.69) is 0 Å². The van der Waals surface area contributed by atoms with E-state index in [1.165, 1.54) is 12.1 Å². The third kappa shape index (κ3) is 2.11. The van der Waals surface area contributed by atoms with E-state index in [1.54, 1.807) is 25.3 Å². The first kappa shape index (κ1) is 11.9. The number of hydrogen-bond donors (Lipinski definition) is 2. The second kappa shape index (κ2) is 4.16. The van der Waals surface area contributed by atoms with Gasteiger partial charge in [0.05, 0.1) is 18.8 Å². The molecule has 0 radical (unpaired) electrons. The lowest BCUT2D eigenvalue weighted by Crippen LogP contribution is -2.41. The molecule has 0 amide bonds. The first-order valence-electron chi connectivity index (χ1n) is 4.87. The van der Waals surface area contributed by atoms with Crippen molar-refractivity contribution in [3.05, 3.63) is 33.7 Å². The largest absolute Gasteiger partial charge is 0.394 e. The quantitative estimate of drug-likeness (QED) is 0.749. The molecule has 0 aliphatic heterocycles. The average Bonchev–Trinajstić information content (AvgIpc) is 2.15. The molecule has 1 heterocycles. The highest BCUT2D eigenvalue weighted by Crippen LogP contribution is 2.18. The summed E-state index contributed by atoms with van der Waals surface area (Å²) in [6, 6.07) is 2.99. The SMILES string of the molecule is Cc1cc(=O)cc(C)n1C(C)(CO)CO. The highest BCUT2D eigenvalue weighted by atomic mass is 16.3. The Morgan fingerprint density at radius 3 is 1.93 bits per heavy atom. The number of rotatable bonds is 3. The molecule has 2 N–H and O–H groups in total. The van der Waals surface area contributed by atoms with Crippen LogP contribution in [0.3, 0.4) is 0 Å². The van der Waals surface area contributed by atoms with E-state index in [1.807, 2.05) is 0 Å². The van der Waals surface area contributed by atoms with Crippen LogP contribution in [0.5, 0.6) is 0 Å². The van der Waals surface area contributed by atoms with Gasteiger partial charge in [-0.2, -0.15) is 0 Å². The Labute approximate surface area is 88.8 Å². The van der Waals surface area contributed by atoms with Crippen LogP contribution in [0.15, 0.2) is 16.9 Å². The van der Waals surface area contributed by atoms with Crippen molar-refractivity contribution in [1.82, 2.24) is 4.57 Å². The van der Waals surface area contributed by atoms with Crippen LogP contribution >= 0.6 is 0 Å². The third-order valence-electron chi connectivity index (χ3n) is 2.63. The van der Waals surface area contributed by atoms with Crippen LogP contribution in [0.25, 0.3) is 0 Å². The minimum Gasteiger partial charge on any atom is -0.394 e. The van der Waals surface area contributed by atoms with E-state index < -0.39 is 5.54 Å². The Morgan fingerprint density at radius 1 is 1.20 bits per heavy atom. The Hall–Kier alpha value is -1.13. The molecule has 0 unspecified atom stereocenters. The minimum absolute atomic E-state index is 0.0560. The highest BCUT2D eigenvalue weighted by Gasteiger charge is 2.26. The van der Waals surface area contributed by atoms with Crippen LogP contribution < -0.4 is 5.43 Å². The summed E-state index contributed by atoms with van der Waals surface area (Å²) < 4.78 is 1.79. The van der Waals surface area contributed by atoms with Gasteiger partial charge in [0.1, 0.15) is 0 Å². The molecule has 0 aliphatic carbocycles. The zero-order valence-corrected chi connectivity index (χ0v) is 9.32. The van der Waals surface area contributed by atoms with Crippen molar-refractivity contribution in [2.24, 2.45) is 0 Å². The lowest BCUT2D eigenvalue weighted by atomic mass is 10.0. The maximum absolute atomic E-state index is 11.2. The summed E-state index contributed by atoms with van der Waals surface area (Å²) in [4.78, 5) is 11.2. The summed E-state index contributed by atoms with van der Waals surface area (Å²) in [5, 5.41) is 18.6. The molecule has 0 aliphatic rings. The van der Waals surface area contributed by atoms with E-state index in [-0.39, 0.29) is 18.6 Å². The maximum Gasteiger partial charge on any atom is 0.182 e. The van der Waals surface area contributed by atoms with Gasteiger partial charge in [-0.1, -0.05) is 0 Å². The normalized spacial score (nSPS) is 11.8. The van der Waals surface area contributed by atoms with Crippen molar-refractivity contribution >= 4 is 0 Å². The first-order chi connectivity index (χ1) is 6.94. The molecule has 1 aromatic heterocycles. The summed E-state index contributed by atoms with van der Waals surface area (Å²) in [6.07, 6.45) is 0. The van der Waals surface area contributed by atoms with Crippen LogP contribution in [0, 0.1) is 13.8 Å². The van der Waals surface area contributed by atoms with Gasteiger partial charge >= 0.3 is 0 Å². The zero-order chi connectivity index (χ0) is 11.6. The first-order valence-corrected chi connectivity index (χ1v) is 4.87. The summed E-state index contributed by atoms with van der Waals surface area (Å²) in [7, 11) is 0. The fraction of sp³-hybridized carbons (Fsp3) is 0.545. The van der Waals surface area contributed by atoms with Gasteiger partial charge in [0.15, 0.2) is 5.43 Å². The fourth-order valence-electron chi connectivity index (χ4n) is 1.90. The van der Waals surface area contributed by atoms with Gasteiger partial charge < -0.3 is 14.8 Å². The Kier molecular flexibility index (Phi) is 3.31. The molecule has 0 fully saturated rings. The van der Waals surface area contributed by atoms with Crippen LogP contribution in [0.2, 0.25) is 0 Å². The summed E-state index contributed by atoms with van der Waals surface area (Å²) in [5.74, 6) is 0. The van der Waals surface area contributed by atoms with E-state index >= 15 is 0 Å². The van der Waals surface area contributed by atoms with E-state index in [9.17, 15) is 15.0 Å². The lowest BCUT2D eigenvalue weighted by Gasteiger charge is -2.32.